The average Bonchev–Trinajstić information content (AvgIpc) is 3.49. The summed E-state index contributed by atoms with van der Waals surface area (Å²) < 4.78 is 7.33. The molecule has 2 heterocycles. The van der Waals surface area contributed by atoms with Gasteiger partial charge >= 0.3 is 0 Å². The summed E-state index contributed by atoms with van der Waals surface area (Å²) >= 11 is 6.37. The molecular weight excluding hydrogens is 556 g/mol. The standard InChI is InChI=1S/C31H37ClN6O4/c1-31(2,3)42-15-14-24(39)35-22-16-23(27(41)26(22)40)38-18-34-25-28(36-30(32)37-29(25)38)33-17-21(19-10-6-4-7-11-19)20-12-8-5-9-13-20/h4-13,18,21-23,26-27,40-41H,14-17H2,1-3H3,(H,35,39)(H,33,36,37)/t22-,23+,26+,27-/m0/s1. The number of hydrogen-bond acceptors (Lipinski definition) is 8. The van der Waals surface area contributed by atoms with E-state index in [1.54, 1.807) is 10.9 Å². The second kappa shape index (κ2) is 12.7. The van der Waals surface area contributed by atoms with Crippen molar-refractivity contribution in [1.29, 1.82) is 0 Å². The number of anilines is 1. The summed E-state index contributed by atoms with van der Waals surface area (Å²) in [7, 11) is 0. The monoisotopic (exact) mass is 592 g/mol. The predicted molar refractivity (Wildman–Crippen MR) is 161 cm³/mol. The maximum Gasteiger partial charge on any atom is 0.226 e. The lowest BCUT2D eigenvalue weighted by Crippen LogP contribution is -2.43. The van der Waals surface area contributed by atoms with E-state index >= 15 is 0 Å². The van der Waals surface area contributed by atoms with E-state index in [1.165, 1.54) is 0 Å². The first-order valence-electron chi connectivity index (χ1n) is 14.1. The third kappa shape index (κ3) is 6.90. The van der Waals surface area contributed by atoms with Crippen molar-refractivity contribution in [1.82, 2.24) is 24.8 Å². The first-order valence-corrected chi connectivity index (χ1v) is 14.5. The number of imidazole rings is 1. The molecule has 0 saturated heterocycles. The van der Waals surface area contributed by atoms with Gasteiger partial charge in [0, 0.05) is 18.9 Å². The van der Waals surface area contributed by atoms with Gasteiger partial charge in [-0.3, -0.25) is 4.79 Å². The van der Waals surface area contributed by atoms with Crippen molar-refractivity contribution < 1.29 is 19.7 Å². The number of carbonyl (C=O) groups excluding carboxylic acids is 1. The number of hydrogen-bond donors (Lipinski definition) is 4. The SMILES string of the molecule is CC(C)(C)OCCC(=O)N[C@H]1C[C@@H](n2cnc3c(NCC(c4ccccc4)c4ccccc4)nc(Cl)nc32)[C@H](O)[C@@H]1O. The van der Waals surface area contributed by atoms with Gasteiger partial charge in [-0.2, -0.15) is 9.97 Å². The van der Waals surface area contributed by atoms with Crippen LogP contribution in [-0.4, -0.2) is 72.6 Å². The Bertz CT molecular complexity index is 1450. The molecule has 0 radical (unpaired) electrons. The fourth-order valence-corrected chi connectivity index (χ4v) is 5.57. The van der Waals surface area contributed by atoms with Gasteiger partial charge in [0.25, 0.3) is 0 Å². The Morgan fingerprint density at radius 2 is 1.69 bits per heavy atom. The Hall–Kier alpha value is -3.57. The molecule has 222 valence electrons. The Morgan fingerprint density at radius 3 is 2.31 bits per heavy atom. The third-order valence-corrected chi connectivity index (χ3v) is 7.66. The number of fused-ring (bicyclic) bond motifs is 1. The van der Waals surface area contributed by atoms with E-state index in [0.29, 0.717) is 23.5 Å². The van der Waals surface area contributed by atoms with Gasteiger partial charge in [-0.1, -0.05) is 60.7 Å². The minimum atomic E-state index is -1.16. The zero-order chi connectivity index (χ0) is 29.9. The lowest BCUT2D eigenvalue weighted by atomic mass is 9.91. The molecule has 1 saturated carbocycles. The Balaban J connectivity index is 1.33. The van der Waals surface area contributed by atoms with Crippen molar-refractivity contribution in [3.63, 3.8) is 0 Å². The third-order valence-electron chi connectivity index (χ3n) is 7.49. The first kappa shape index (κ1) is 29.9. The van der Waals surface area contributed by atoms with E-state index in [0.717, 1.165) is 11.1 Å². The molecule has 11 heteroatoms. The molecule has 42 heavy (non-hydrogen) atoms. The molecule has 0 unspecified atom stereocenters. The van der Waals surface area contributed by atoms with Crippen LogP contribution in [-0.2, 0) is 9.53 Å². The van der Waals surface area contributed by atoms with Crippen LogP contribution in [0.5, 0.6) is 0 Å². The summed E-state index contributed by atoms with van der Waals surface area (Å²) in [4.78, 5) is 25.9. The van der Waals surface area contributed by atoms with Crippen LogP contribution >= 0.6 is 11.6 Å². The molecule has 4 aromatic rings. The number of aliphatic hydroxyl groups excluding tert-OH is 2. The lowest BCUT2D eigenvalue weighted by Gasteiger charge is -2.20. The van der Waals surface area contributed by atoms with E-state index in [1.807, 2.05) is 57.2 Å². The minimum absolute atomic E-state index is 0.0273. The summed E-state index contributed by atoms with van der Waals surface area (Å²) in [6.07, 6.45) is -0.306. The van der Waals surface area contributed by atoms with Gasteiger partial charge in [0.05, 0.1) is 30.6 Å². The van der Waals surface area contributed by atoms with Gasteiger partial charge in [0.1, 0.15) is 12.2 Å². The summed E-state index contributed by atoms with van der Waals surface area (Å²) in [5.41, 5.74) is 2.87. The van der Waals surface area contributed by atoms with E-state index in [4.69, 9.17) is 16.3 Å². The van der Waals surface area contributed by atoms with Crippen LogP contribution in [0.25, 0.3) is 11.2 Å². The highest BCUT2D eigenvalue weighted by atomic mass is 35.5. The second-order valence-electron chi connectivity index (χ2n) is 11.6. The highest BCUT2D eigenvalue weighted by Gasteiger charge is 2.43. The van der Waals surface area contributed by atoms with E-state index < -0.39 is 24.3 Å². The van der Waals surface area contributed by atoms with Crippen molar-refractivity contribution in [3.8, 4) is 0 Å². The van der Waals surface area contributed by atoms with Crippen LogP contribution in [0, 0.1) is 0 Å². The quantitative estimate of drug-likeness (QED) is 0.202. The van der Waals surface area contributed by atoms with E-state index in [-0.39, 0.29) is 42.2 Å². The molecule has 0 spiro atoms. The molecule has 1 amide bonds. The van der Waals surface area contributed by atoms with Crippen LogP contribution in [0.2, 0.25) is 5.28 Å². The number of nitrogens with one attached hydrogen (secondary N) is 2. The molecule has 0 aliphatic heterocycles. The van der Waals surface area contributed by atoms with Crippen LogP contribution < -0.4 is 10.6 Å². The lowest BCUT2D eigenvalue weighted by molar-refractivity contribution is -0.124. The van der Waals surface area contributed by atoms with Gasteiger partial charge in [0.2, 0.25) is 11.2 Å². The summed E-state index contributed by atoms with van der Waals surface area (Å²) in [5, 5.41) is 28.0. The van der Waals surface area contributed by atoms with Crippen LogP contribution in [0.15, 0.2) is 67.0 Å². The highest BCUT2D eigenvalue weighted by Crippen LogP contribution is 2.35. The molecule has 2 aromatic carbocycles. The van der Waals surface area contributed by atoms with Crippen LogP contribution in [0.4, 0.5) is 5.82 Å². The zero-order valence-electron chi connectivity index (χ0n) is 23.9. The van der Waals surface area contributed by atoms with Gasteiger partial charge in [-0.25, -0.2) is 4.98 Å². The molecule has 1 aliphatic rings. The van der Waals surface area contributed by atoms with E-state index in [9.17, 15) is 15.0 Å². The molecular formula is C31H37ClN6O4. The number of aliphatic hydroxyl groups is 2. The van der Waals surface area contributed by atoms with Crippen molar-refractivity contribution >= 4 is 34.5 Å². The second-order valence-corrected chi connectivity index (χ2v) is 11.9. The first-order chi connectivity index (χ1) is 20.1. The number of benzene rings is 2. The van der Waals surface area contributed by atoms with Gasteiger partial charge in [-0.15, -0.1) is 0 Å². The fourth-order valence-electron chi connectivity index (χ4n) is 5.41. The largest absolute Gasteiger partial charge is 0.388 e. The number of nitrogens with zero attached hydrogens (tertiary/aromatic N) is 4. The van der Waals surface area contributed by atoms with Gasteiger partial charge in [0.15, 0.2) is 17.0 Å². The van der Waals surface area contributed by atoms with Crippen molar-refractivity contribution in [2.24, 2.45) is 0 Å². The number of rotatable bonds is 10. The molecule has 10 nitrogen and oxygen atoms in total. The maximum atomic E-state index is 12.5. The van der Waals surface area contributed by atoms with Crippen molar-refractivity contribution in [2.45, 2.75) is 69.4 Å². The molecule has 2 aromatic heterocycles. The predicted octanol–water partition coefficient (Wildman–Crippen LogP) is 4.08. The number of aromatic nitrogens is 4. The topological polar surface area (TPSA) is 134 Å². The van der Waals surface area contributed by atoms with Gasteiger partial charge < -0.3 is 30.2 Å². The number of ether oxygens (including phenoxy) is 1. The molecule has 1 aliphatic carbocycles. The minimum Gasteiger partial charge on any atom is -0.388 e. The van der Waals surface area contributed by atoms with Crippen molar-refractivity contribution in [3.05, 3.63) is 83.4 Å². The summed E-state index contributed by atoms with van der Waals surface area (Å²) in [5.74, 6) is 0.260. The Morgan fingerprint density at radius 1 is 1.05 bits per heavy atom. The molecule has 4 atom stereocenters. The fraction of sp³-hybridized carbons (Fsp3) is 0.419. The summed E-state index contributed by atoms with van der Waals surface area (Å²) in [6, 6.07) is 19.2. The zero-order valence-corrected chi connectivity index (χ0v) is 24.7. The maximum absolute atomic E-state index is 12.5. The molecule has 5 rings (SSSR count). The van der Waals surface area contributed by atoms with Crippen LogP contribution in [0.1, 0.15) is 56.7 Å². The number of amides is 1. The van der Waals surface area contributed by atoms with E-state index in [2.05, 4.69) is 49.9 Å². The Kier molecular flexibility index (Phi) is 9.08. The van der Waals surface area contributed by atoms with Crippen molar-refractivity contribution in [2.75, 3.05) is 18.5 Å². The van der Waals surface area contributed by atoms with Gasteiger partial charge in [-0.05, 0) is 49.9 Å². The smallest absolute Gasteiger partial charge is 0.226 e. The summed E-state index contributed by atoms with van der Waals surface area (Å²) in [6.45, 7) is 6.55. The Labute approximate surface area is 250 Å². The van der Waals surface area contributed by atoms with Crippen LogP contribution in [0.3, 0.4) is 0 Å². The number of halogens is 1. The molecule has 1 fully saturated rings. The average molecular weight is 593 g/mol. The molecule has 0 bridgehead atoms. The normalized spacial score (nSPS) is 20.7. The highest BCUT2D eigenvalue weighted by molar-refractivity contribution is 6.28. The number of carbonyl (C=O) groups is 1. The molecule has 4 N–H and O–H groups in total.